The summed E-state index contributed by atoms with van der Waals surface area (Å²) < 4.78 is 0. The topological polar surface area (TPSA) is 12.0 Å². The standard InChI is InChI=1S/C17H23NS/c1-4-14-6-8-15(9-7-14)12-16(18-5-2)17-13(3)10-11-19-17/h6-11,16,18H,4-5,12H2,1-3H3. The minimum Gasteiger partial charge on any atom is -0.309 e. The Morgan fingerprint density at radius 3 is 2.26 bits per heavy atom. The van der Waals surface area contributed by atoms with Gasteiger partial charge in [-0.15, -0.1) is 11.3 Å². The Kier molecular flexibility index (Phi) is 5.17. The number of hydrogen-bond acceptors (Lipinski definition) is 2. The first-order valence-corrected chi connectivity index (χ1v) is 7.97. The lowest BCUT2D eigenvalue weighted by Crippen LogP contribution is -2.22. The summed E-state index contributed by atoms with van der Waals surface area (Å²) >= 11 is 1.86. The van der Waals surface area contributed by atoms with Crippen molar-refractivity contribution in [2.24, 2.45) is 0 Å². The van der Waals surface area contributed by atoms with Crippen LogP contribution in [0.3, 0.4) is 0 Å². The Morgan fingerprint density at radius 2 is 1.74 bits per heavy atom. The lowest BCUT2D eigenvalue weighted by molar-refractivity contribution is 0.556. The first-order chi connectivity index (χ1) is 9.24. The molecular formula is C17H23NS. The maximum absolute atomic E-state index is 3.61. The van der Waals surface area contributed by atoms with E-state index in [4.69, 9.17) is 0 Å². The summed E-state index contributed by atoms with van der Waals surface area (Å²) in [5.41, 5.74) is 4.23. The first-order valence-electron chi connectivity index (χ1n) is 7.09. The molecule has 0 bridgehead atoms. The van der Waals surface area contributed by atoms with Gasteiger partial charge in [-0.3, -0.25) is 0 Å². The summed E-state index contributed by atoms with van der Waals surface area (Å²) in [6, 6.07) is 11.7. The third kappa shape index (κ3) is 3.68. The fourth-order valence-corrected chi connectivity index (χ4v) is 3.40. The quantitative estimate of drug-likeness (QED) is 0.816. The minimum absolute atomic E-state index is 0.442. The second-order valence-corrected chi connectivity index (χ2v) is 5.90. The first kappa shape index (κ1) is 14.3. The third-order valence-corrected chi connectivity index (χ3v) is 4.67. The highest BCUT2D eigenvalue weighted by molar-refractivity contribution is 7.10. The van der Waals surface area contributed by atoms with Crippen molar-refractivity contribution in [2.45, 2.75) is 39.7 Å². The monoisotopic (exact) mass is 273 g/mol. The summed E-state index contributed by atoms with van der Waals surface area (Å²) in [4.78, 5) is 1.47. The molecule has 1 atom stereocenters. The van der Waals surface area contributed by atoms with Crippen LogP contribution in [0.5, 0.6) is 0 Å². The summed E-state index contributed by atoms with van der Waals surface area (Å²) in [7, 11) is 0. The van der Waals surface area contributed by atoms with E-state index in [0.717, 1.165) is 19.4 Å². The Labute approximate surface area is 120 Å². The molecule has 0 aliphatic heterocycles. The van der Waals surface area contributed by atoms with E-state index in [-0.39, 0.29) is 0 Å². The lowest BCUT2D eigenvalue weighted by atomic mass is 10.0. The molecule has 0 saturated carbocycles. The maximum atomic E-state index is 3.61. The Hall–Kier alpha value is -1.12. The molecule has 0 spiro atoms. The molecule has 0 aliphatic rings. The molecule has 1 N–H and O–H groups in total. The van der Waals surface area contributed by atoms with Crippen LogP contribution in [0.25, 0.3) is 0 Å². The van der Waals surface area contributed by atoms with Crippen molar-refractivity contribution in [1.29, 1.82) is 0 Å². The van der Waals surface area contributed by atoms with Gasteiger partial charge in [0, 0.05) is 10.9 Å². The van der Waals surface area contributed by atoms with E-state index < -0.39 is 0 Å². The van der Waals surface area contributed by atoms with Crippen LogP contribution in [0, 0.1) is 6.92 Å². The van der Waals surface area contributed by atoms with Crippen LogP contribution in [0.4, 0.5) is 0 Å². The minimum atomic E-state index is 0.442. The zero-order valence-corrected chi connectivity index (χ0v) is 12.9. The number of thiophene rings is 1. The average molecular weight is 273 g/mol. The predicted octanol–water partition coefficient (Wildman–Crippen LogP) is 4.51. The number of hydrogen-bond donors (Lipinski definition) is 1. The lowest BCUT2D eigenvalue weighted by Gasteiger charge is -2.18. The van der Waals surface area contributed by atoms with Gasteiger partial charge < -0.3 is 5.32 Å². The molecule has 102 valence electrons. The van der Waals surface area contributed by atoms with Crippen LogP contribution in [-0.2, 0) is 12.8 Å². The van der Waals surface area contributed by atoms with E-state index in [2.05, 4.69) is 61.8 Å². The zero-order valence-electron chi connectivity index (χ0n) is 12.1. The maximum Gasteiger partial charge on any atom is 0.0458 e. The van der Waals surface area contributed by atoms with Gasteiger partial charge in [0.15, 0.2) is 0 Å². The summed E-state index contributed by atoms with van der Waals surface area (Å²) in [6.07, 6.45) is 2.18. The molecule has 1 unspecified atom stereocenters. The van der Waals surface area contributed by atoms with Crippen LogP contribution >= 0.6 is 11.3 Å². The van der Waals surface area contributed by atoms with Crippen LogP contribution in [-0.4, -0.2) is 6.54 Å². The molecule has 19 heavy (non-hydrogen) atoms. The van der Waals surface area contributed by atoms with Gasteiger partial charge >= 0.3 is 0 Å². The predicted molar refractivity (Wildman–Crippen MR) is 85.0 cm³/mol. The highest BCUT2D eigenvalue weighted by atomic mass is 32.1. The molecule has 0 amide bonds. The van der Waals surface area contributed by atoms with Gasteiger partial charge in [0.2, 0.25) is 0 Å². The molecule has 0 saturated heterocycles. The molecule has 2 aromatic rings. The molecule has 1 aromatic heterocycles. The molecule has 2 rings (SSSR count). The Balaban J connectivity index is 2.14. The van der Waals surface area contributed by atoms with Gasteiger partial charge in [-0.1, -0.05) is 38.1 Å². The van der Waals surface area contributed by atoms with E-state index in [1.807, 2.05) is 11.3 Å². The van der Waals surface area contributed by atoms with Crippen molar-refractivity contribution in [1.82, 2.24) is 5.32 Å². The number of benzene rings is 1. The smallest absolute Gasteiger partial charge is 0.0458 e. The van der Waals surface area contributed by atoms with Crippen molar-refractivity contribution in [3.05, 3.63) is 57.3 Å². The molecule has 1 nitrogen and oxygen atoms in total. The van der Waals surface area contributed by atoms with E-state index in [1.54, 1.807) is 0 Å². The second-order valence-electron chi connectivity index (χ2n) is 4.95. The largest absolute Gasteiger partial charge is 0.309 e. The van der Waals surface area contributed by atoms with Crippen LogP contribution in [0.2, 0.25) is 0 Å². The molecule has 0 radical (unpaired) electrons. The van der Waals surface area contributed by atoms with Gasteiger partial charge in [-0.05, 0) is 54.4 Å². The van der Waals surface area contributed by atoms with E-state index in [0.29, 0.717) is 6.04 Å². The Morgan fingerprint density at radius 1 is 1.05 bits per heavy atom. The van der Waals surface area contributed by atoms with E-state index in [1.165, 1.54) is 21.6 Å². The summed E-state index contributed by atoms with van der Waals surface area (Å²) in [5.74, 6) is 0. The Bertz CT molecular complexity index is 498. The van der Waals surface area contributed by atoms with Gasteiger partial charge in [-0.25, -0.2) is 0 Å². The number of likely N-dealkylation sites (N-methyl/N-ethyl adjacent to an activating group) is 1. The van der Waals surface area contributed by atoms with Crippen molar-refractivity contribution >= 4 is 11.3 Å². The molecular weight excluding hydrogens is 250 g/mol. The number of nitrogens with one attached hydrogen (secondary N) is 1. The van der Waals surface area contributed by atoms with Gasteiger partial charge in [0.1, 0.15) is 0 Å². The second kappa shape index (κ2) is 6.88. The summed E-state index contributed by atoms with van der Waals surface area (Å²) in [5, 5.41) is 5.80. The van der Waals surface area contributed by atoms with Crippen LogP contribution < -0.4 is 5.32 Å². The average Bonchev–Trinajstić information content (AvgIpc) is 2.85. The molecule has 2 heteroatoms. The fraction of sp³-hybridized carbons (Fsp3) is 0.412. The highest BCUT2D eigenvalue weighted by Gasteiger charge is 2.14. The zero-order chi connectivity index (χ0) is 13.7. The van der Waals surface area contributed by atoms with Gasteiger partial charge in [0.05, 0.1) is 0 Å². The SMILES string of the molecule is CCNC(Cc1ccc(CC)cc1)c1sccc1C. The van der Waals surface area contributed by atoms with E-state index in [9.17, 15) is 0 Å². The van der Waals surface area contributed by atoms with E-state index >= 15 is 0 Å². The van der Waals surface area contributed by atoms with Gasteiger partial charge in [0.25, 0.3) is 0 Å². The van der Waals surface area contributed by atoms with Crippen molar-refractivity contribution < 1.29 is 0 Å². The number of aryl methyl sites for hydroxylation is 2. The van der Waals surface area contributed by atoms with Gasteiger partial charge in [-0.2, -0.15) is 0 Å². The fourth-order valence-electron chi connectivity index (χ4n) is 2.39. The van der Waals surface area contributed by atoms with Crippen molar-refractivity contribution in [3.63, 3.8) is 0 Å². The number of rotatable bonds is 6. The normalized spacial score (nSPS) is 12.6. The molecule has 1 aromatic carbocycles. The molecule has 0 fully saturated rings. The summed E-state index contributed by atoms with van der Waals surface area (Å²) in [6.45, 7) is 7.59. The molecule has 1 heterocycles. The highest BCUT2D eigenvalue weighted by Crippen LogP contribution is 2.26. The third-order valence-electron chi connectivity index (χ3n) is 3.54. The van der Waals surface area contributed by atoms with Crippen molar-refractivity contribution in [3.8, 4) is 0 Å². The van der Waals surface area contributed by atoms with Crippen LogP contribution in [0.15, 0.2) is 35.7 Å². The van der Waals surface area contributed by atoms with Crippen LogP contribution in [0.1, 0.15) is 41.5 Å². The molecule has 0 aliphatic carbocycles. The van der Waals surface area contributed by atoms with Crippen molar-refractivity contribution in [2.75, 3.05) is 6.54 Å².